The molecule has 1 rings (SSSR count). The Balaban J connectivity index is 2.14. The monoisotopic (exact) mass is 391 g/mol. The van der Waals surface area contributed by atoms with E-state index >= 15 is 0 Å². The molecule has 0 bridgehead atoms. The minimum Gasteiger partial charge on any atom is -0.493 e. The Kier molecular flexibility index (Phi) is 12.2. The van der Waals surface area contributed by atoms with E-state index in [1.165, 1.54) is 19.3 Å². The first-order valence-corrected chi connectivity index (χ1v) is 9.84. The van der Waals surface area contributed by atoms with Crippen molar-refractivity contribution < 1.29 is 23.8 Å². The van der Waals surface area contributed by atoms with Crippen LogP contribution in [0.4, 0.5) is 0 Å². The molecule has 0 spiro atoms. The first-order valence-electron chi connectivity index (χ1n) is 9.84. The highest BCUT2D eigenvalue weighted by atomic mass is 16.5. The number of carbonyl (C=O) groups is 2. The van der Waals surface area contributed by atoms with Crippen LogP contribution in [0.2, 0.25) is 0 Å². The largest absolute Gasteiger partial charge is 0.493 e. The van der Waals surface area contributed by atoms with E-state index in [4.69, 9.17) is 14.2 Å². The number of allylic oxidation sites excluding steroid dienone is 1. The standard InChI is InChI=1S/C22H33NO5/c1-4-5-6-7-8-9-10-11-12-22(25)28-17-21(24)23-16-18-13-14-19(26-2)20(15-18)27-3/h4,13-15H,1,5-12,16-17H2,2-3H3,(H,23,24). The van der Waals surface area contributed by atoms with Gasteiger partial charge >= 0.3 is 5.97 Å². The van der Waals surface area contributed by atoms with Gasteiger partial charge in [-0.2, -0.15) is 0 Å². The van der Waals surface area contributed by atoms with Gasteiger partial charge in [-0.3, -0.25) is 9.59 Å². The summed E-state index contributed by atoms with van der Waals surface area (Å²) in [6.07, 6.45) is 9.87. The molecule has 0 aliphatic carbocycles. The van der Waals surface area contributed by atoms with Gasteiger partial charge in [0.2, 0.25) is 0 Å². The minimum absolute atomic E-state index is 0.256. The number of esters is 1. The van der Waals surface area contributed by atoms with Crippen LogP contribution in [0.1, 0.15) is 56.9 Å². The van der Waals surface area contributed by atoms with Gasteiger partial charge in [0.15, 0.2) is 18.1 Å². The molecule has 1 N–H and O–H groups in total. The smallest absolute Gasteiger partial charge is 0.306 e. The molecule has 0 aromatic heterocycles. The van der Waals surface area contributed by atoms with Gasteiger partial charge in [0, 0.05) is 13.0 Å². The molecule has 0 saturated carbocycles. The lowest BCUT2D eigenvalue weighted by Crippen LogP contribution is -2.28. The second kappa shape index (κ2) is 14.5. The topological polar surface area (TPSA) is 73.9 Å². The molecule has 0 aliphatic heterocycles. The fraction of sp³-hybridized carbons (Fsp3) is 0.545. The average Bonchev–Trinajstić information content (AvgIpc) is 2.72. The minimum atomic E-state index is -0.328. The lowest BCUT2D eigenvalue weighted by Gasteiger charge is -2.10. The van der Waals surface area contributed by atoms with Crippen molar-refractivity contribution in [3.05, 3.63) is 36.4 Å². The highest BCUT2D eigenvalue weighted by Gasteiger charge is 2.09. The normalized spacial score (nSPS) is 10.2. The van der Waals surface area contributed by atoms with Crippen molar-refractivity contribution in [2.24, 2.45) is 0 Å². The molecule has 0 aliphatic rings. The molecule has 0 atom stereocenters. The summed E-state index contributed by atoms with van der Waals surface area (Å²) in [5.74, 6) is 0.572. The van der Waals surface area contributed by atoms with Crippen LogP contribution in [-0.2, 0) is 20.9 Å². The van der Waals surface area contributed by atoms with E-state index in [2.05, 4.69) is 11.9 Å². The average molecular weight is 392 g/mol. The highest BCUT2D eigenvalue weighted by molar-refractivity contribution is 5.80. The van der Waals surface area contributed by atoms with Crippen LogP contribution in [-0.4, -0.2) is 32.7 Å². The van der Waals surface area contributed by atoms with Crippen LogP contribution in [0.15, 0.2) is 30.9 Å². The van der Waals surface area contributed by atoms with Crippen LogP contribution < -0.4 is 14.8 Å². The molecule has 1 amide bonds. The fourth-order valence-electron chi connectivity index (χ4n) is 2.73. The Hall–Kier alpha value is -2.50. The van der Waals surface area contributed by atoms with Crippen LogP contribution >= 0.6 is 0 Å². The quantitative estimate of drug-likeness (QED) is 0.276. The molecule has 0 unspecified atom stereocenters. The Bertz CT molecular complexity index is 615. The molecular weight excluding hydrogens is 358 g/mol. The van der Waals surface area contributed by atoms with Crippen LogP contribution in [0.3, 0.4) is 0 Å². The molecule has 0 fully saturated rings. The van der Waals surface area contributed by atoms with Crippen molar-refractivity contribution in [1.82, 2.24) is 5.32 Å². The van der Waals surface area contributed by atoms with E-state index in [0.29, 0.717) is 24.5 Å². The zero-order valence-electron chi connectivity index (χ0n) is 17.1. The third-order valence-electron chi connectivity index (χ3n) is 4.34. The fourth-order valence-corrected chi connectivity index (χ4v) is 2.73. The number of nitrogens with one attached hydrogen (secondary N) is 1. The zero-order valence-corrected chi connectivity index (χ0v) is 17.1. The molecule has 28 heavy (non-hydrogen) atoms. The maximum Gasteiger partial charge on any atom is 0.306 e. The van der Waals surface area contributed by atoms with Gasteiger partial charge in [-0.15, -0.1) is 6.58 Å². The molecule has 1 aromatic rings. The van der Waals surface area contributed by atoms with Gasteiger partial charge in [0.1, 0.15) is 0 Å². The molecule has 6 heteroatoms. The second-order valence-corrected chi connectivity index (χ2v) is 6.58. The van der Waals surface area contributed by atoms with Crippen molar-refractivity contribution in [2.75, 3.05) is 20.8 Å². The summed E-state index contributed by atoms with van der Waals surface area (Å²) in [5.41, 5.74) is 0.866. The van der Waals surface area contributed by atoms with Crippen LogP contribution in [0, 0.1) is 0 Å². The van der Waals surface area contributed by atoms with Gasteiger partial charge in [0.05, 0.1) is 14.2 Å². The Morgan fingerprint density at radius 2 is 1.68 bits per heavy atom. The van der Waals surface area contributed by atoms with E-state index < -0.39 is 0 Å². The molecule has 0 saturated heterocycles. The molecule has 156 valence electrons. The van der Waals surface area contributed by atoms with Gasteiger partial charge < -0.3 is 19.5 Å². The lowest BCUT2D eigenvalue weighted by atomic mass is 10.1. The number of methoxy groups -OCH3 is 2. The Morgan fingerprint density at radius 1 is 1.00 bits per heavy atom. The summed E-state index contributed by atoms with van der Waals surface area (Å²) < 4.78 is 15.4. The number of benzene rings is 1. The van der Waals surface area contributed by atoms with Crippen molar-refractivity contribution in [3.63, 3.8) is 0 Å². The number of hydrogen-bond acceptors (Lipinski definition) is 5. The molecular formula is C22H33NO5. The first kappa shape index (κ1) is 23.5. The number of rotatable bonds is 15. The highest BCUT2D eigenvalue weighted by Crippen LogP contribution is 2.27. The summed E-state index contributed by atoms with van der Waals surface area (Å²) >= 11 is 0. The Labute approximate surface area is 168 Å². The number of unbranched alkanes of at least 4 members (excludes halogenated alkanes) is 6. The van der Waals surface area contributed by atoms with Crippen molar-refractivity contribution in [1.29, 1.82) is 0 Å². The van der Waals surface area contributed by atoms with E-state index in [-0.39, 0.29) is 18.5 Å². The van der Waals surface area contributed by atoms with Crippen LogP contribution in [0.5, 0.6) is 11.5 Å². The molecule has 6 nitrogen and oxygen atoms in total. The summed E-state index contributed by atoms with van der Waals surface area (Å²) in [4.78, 5) is 23.6. The van der Waals surface area contributed by atoms with E-state index in [1.807, 2.05) is 12.1 Å². The third kappa shape index (κ3) is 10.00. The van der Waals surface area contributed by atoms with Gasteiger partial charge in [-0.05, 0) is 37.0 Å². The molecule has 0 heterocycles. The Morgan fingerprint density at radius 3 is 2.36 bits per heavy atom. The maximum atomic E-state index is 11.8. The summed E-state index contributed by atoms with van der Waals surface area (Å²) in [7, 11) is 3.13. The van der Waals surface area contributed by atoms with Crippen LogP contribution in [0.25, 0.3) is 0 Å². The van der Waals surface area contributed by atoms with Crippen molar-refractivity contribution in [3.8, 4) is 11.5 Å². The van der Waals surface area contributed by atoms with Gasteiger partial charge in [-0.25, -0.2) is 0 Å². The van der Waals surface area contributed by atoms with Gasteiger partial charge in [-0.1, -0.05) is 37.8 Å². The van der Waals surface area contributed by atoms with Crippen molar-refractivity contribution in [2.45, 2.75) is 57.9 Å². The van der Waals surface area contributed by atoms with Gasteiger partial charge in [0.25, 0.3) is 5.91 Å². The molecule has 0 radical (unpaired) electrons. The third-order valence-corrected chi connectivity index (χ3v) is 4.34. The number of carbonyl (C=O) groups excluding carboxylic acids is 2. The van der Waals surface area contributed by atoms with E-state index in [1.54, 1.807) is 26.4 Å². The van der Waals surface area contributed by atoms with E-state index in [0.717, 1.165) is 31.2 Å². The predicted octanol–water partition coefficient (Wildman–Crippen LogP) is 4.17. The van der Waals surface area contributed by atoms with E-state index in [9.17, 15) is 9.59 Å². The lowest BCUT2D eigenvalue weighted by molar-refractivity contribution is -0.148. The first-order chi connectivity index (χ1) is 13.6. The predicted molar refractivity (Wildman–Crippen MR) is 109 cm³/mol. The zero-order chi connectivity index (χ0) is 20.6. The molecule has 1 aromatic carbocycles. The second-order valence-electron chi connectivity index (χ2n) is 6.58. The number of hydrogen-bond donors (Lipinski definition) is 1. The number of ether oxygens (including phenoxy) is 3. The summed E-state index contributed by atoms with van der Waals surface area (Å²) in [6, 6.07) is 5.41. The number of amides is 1. The van der Waals surface area contributed by atoms with Crippen molar-refractivity contribution >= 4 is 11.9 Å². The summed E-state index contributed by atoms with van der Waals surface area (Å²) in [6.45, 7) is 3.77. The SMILES string of the molecule is C=CCCCCCCCCC(=O)OCC(=O)NCc1ccc(OC)c(OC)c1. The summed E-state index contributed by atoms with van der Waals surface area (Å²) in [5, 5.41) is 2.72. The maximum absolute atomic E-state index is 11.8.